The van der Waals surface area contributed by atoms with Gasteiger partial charge in [-0.15, -0.1) is 0 Å². The van der Waals surface area contributed by atoms with Gasteiger partial charge in [-0.1, -0.05) is 18.2 Å². The van der Waals surface area contributed by atoms with Crippen molar-refractivity contribution in [2.45, 2.75) is 0 Å². The van der Waals surface area contributed by atoms with E-state index in [1.807, 2.05) is 24.3 Å². The van der Waals surface area contributed by atoms with Gasteiger partial charge in [-0.3, -0.25) is 14.8 Å². The molecule has 3 rings (SSSR count). The Balaban J connectivity index is 1.76. The monoisotopic (exact) mass is 324 g/mol. The van der Waals surface area contributed by atoms with Crippen LogP contribution in [-0.4, -0.2) is 36.4 Å². The normalized spacial score (nSPS) is 10.4. The van der Waals surface area contributed by atoms with Crippen LogP contribution in [0.4, 0.5) is 16.2 Å². The average molecular weight is 324 g/mol. The molecule has 0 atom stereocenters. The first-order valence-corrected chi connectivity index (χ1v) is 7.26. The van der Waals surface area contributed by atoms with Crippen LogP contribution < -0.4 is 10.2 Å². The van der Waals surface area contributed by atoms with E-state index >= 15 is 0 Å². The van der Waals surface area contributed by atoms with Gasteiger partial charge in [0.15, 0.2) is 5.69 Å². The molecular weight excluding hydrogens is 308 g/mol. The maximum Gasteiger partial charge on any atom is 0.413 e. The Morgan fingerprint density at radius 3 is 2.54 bits per heavy atom. The molecule has 0 bridgehead atoms. The summed E-state index contributed by atoms with van der Waals surface area (Å²) < 4.78 is 4.66. The third kappa shape index (κ3) is 2.91. The largest absolute Gasteiger partial charge is 0.452 e. The second kappa shape index (κ2) is 6.41. The SMILES string of the molecule is COC(=O)N(C)c1ccc(NC(=O)c2n[nH]c3ccccc23)cc1. The summed E-state index contributed by atoms with van der Waals surface area (Å²) in [6, 6.07) is 14.3. The van der Waals surface area contributed by atoms with Gasteiger partial charge in [-0.05, 0) is 30.3 Å². The summed E-state index contributed by atoms with van der Waals surface area (Å²) in [5.41, 5.74) is 2.40. The van der Waals surface area contributed by atoms with Gasteiger partial charge in [-0.2, -0.15) is 5.10 Å². The molecule has 7 nitrogen and oxygen atoms in total. The summed E-state index contributed by atoms with van der Waals surface area (Å²) >= 11 is 0. The van der Waals surface area contributed by atoms with Crippen LogP contribution in [0.5, 0.6) is 0 Å². The number of aromatic amines is 1. The molecule has 0 radical (unpaired) electrons. The number of ether oxygens (including phenoxy) is 1. The molecule has 2 N–H and O–H groups in total. The van der Waals surface area contributed by atoms with E-state index < -0.39 is 6.09 Å². The quantitative estimate of drug-likeness (QED) is 0.775. The van der Waals surface area contributed by atoms with E-state index in [4.69, 9.17) is 0 Å². The molecule has 2 aromatic carbocycles. The Morgan fingerprint density at radius 1 is 1.12 bits per heavy atom. The van der Waals surface area contributed by atoms with Gasteiger partial charge < -0.3 is 10.1 Å². The minimum atomic E-state index is -0.463. The highest BCUT2D eigenvalue weighted by atomic mass is 16.5. The molecule has 0 unspecified atom stereocenters. The van der Waals surface area contributed by atoms with Crippen molar-refractivity contribution in [3.63, 3.8) is 0 Å². The summed E-state index contributed by atoms with van der Waals surface area (Å²) in [6.07, 6.45) is -0.463. The van der Waals surface area contributed by atoms with Crippen molar-refractivity contribution in [2.75, 3.05) is 24.4 Å². The molecule has 0 fully saturated rings. The summed E-state index contributed by atoms with van der Waals surface area (Å²) in [4.78, 5) is 25.2. The van der Waals surface area contributed by atoms with E-state index in [0.717, 1.165) is 10.9 Å². The van der Waals surface area contributed by atoms with Crippen LogP contribution in [-0.2, 0) is 4.74 Å². The first-order valence-electron chi connectivity index (χ1n) is 7.26. The van der Waals surface area contributed by atoms with E-state index in [-0.39, 0.29) is 5.91 Å². The molecule has 1 aromatic heterocycles. The summed E-state index contributed by atoms with van der Waals surface area (Å²) in [7, 11) is 2.93. The number of methoxy groups -OCH3 is 1. The lowest BCUT2D eigenvalue weighted by molar-refractivity contribution is 0.102. The standard InChI is InChI=1S/C17H16N4O3/c1-21(17(23)24-2)12-9-7-11(8-10-12)18-16(22)15-13-5-3-4-6-14(13)19-20-15/h3-10H,1-2H3,(H,18,22)(H,19,20). The first-order chi connectivity index (χ1) is 11.6. The van der Waals surface area contributed by atoms with Crippen LogP contribution >= 0.6 is 0 Å². The molecule has 24 heavy (non-hydrogen) atoms. The zero-order valence-electron chi connectivity index (χ0n) is 13.2. The molecular formula is C17H16N4O3. The van der Waals surface area contributed by atoms with Gasteiger partial charge in [0.2, 0.25) is 0 Å². The number of H-pyrrole nitrogens is 1. The van der Waals surface area contributed by atoms with Crippen molar-refractivity contribution in [3.05, 3.63) is 54.2 Å². The first kappa shape index (κ1) is 15.5. The lowest BCUT2D eigenvalue weighted by atomic mass is 10.2. The van der Waals surface area contributed by atoms with Crippen molar-refractivity contribution in [2.24, 2.45) is 0 Å². The molecule has 7 heteroatoms. The molecule has 0 saturated heterocycles. The van der Waals surface area contributed by atoms with Gasteiger partial charge in [0.25, 0.3) is 5.91 Å². The maximum absolute atomic E-state index is 12.4. The van der Waals surface area contributed by atoms with Crippen molar-refractivity contribution in [3.8, 4) is 0 Å². The number of aromatic nitrogens is 2. The molecule has 1 heterocycles. The summed E-state index contributed by atoms with van der Waals surface area (Å²) in [5.74, 6) is -0.304. The lowest BCUT2D eigenvalue weighted by Gasteiger charge is -2.15. The topological polar surface area (TPSA) is 87.3 Å². The summed E-state index contributed by atoms with van der Waals surface area (Å²) in [5, 5.41) is 10.4. The minimum absolute atomic E-state index is 0.304. The smallest absolute Gasteiger partial charge is 0.413 e. The second-order valence-electron chi connectivity index (χ2n) is 5.15. The molecule has 3 aromatic rings. The number of hydrogen-bond donors (Lipinski definition) is 2. The second-order valence-corrected chi connectivity index (χ2v) is 5.15. The number of anilines is 2. The Hall–Kier alpha value is -3.35. The van der Waals surface area contributed by atoms with E-state index in [0.29, 0.717) is 17.1 Å². The highest BCUT2D eigenvalue weighted by Crippen LogP contribution is 2.20. The number of nitrogens with zero attached hydrogens (tertiary/aromatic N) is 2. The van der Waals surface area contributed by atoms with E-state index in [9.17, 15) is 9.59 Å². The number of benzene rings is 2. The van der Waals surface area contributed by atoms with Gasteiger partial charge in [0, 0.05) is 23.8 Å². The highest BCUT2D eigenvalue weighted by Gasteiger charge is 2.14. The van der Waals surface area contributed by atoms with Crippen molar-refractivity contribution < 1.29 is 14.3 Å². The fourth-order valence-electron chi connectivity index (χ4n) is 2.34. The van der Waals surface area contributed by atoms with Crippen LogP contribution in [0.2, 0.25) is 0 Å². The fourth-order valence-corrected chi connectivity index (χ4v) is 2.34. The van der Waals surface area contributed by atoms with Crippen LogP contribution in [0, 0.1) is 0 Å². The predicted octanol–water partition coefficient (Wildman–Crippen LogP) is 3.02. The van der Waals surface area contributed by atoms with Crippen LogP contribution in [0.3, 0.4) is 0 Å². The average Bonchev–Trinajstić information content (AvgIpc) is 3.05. The number of para-hydroxylation sites is 1. The van der Waals surface area contributed by atoms with E-state index in [1.165, 1.54) is 12.0 Å². The Bertz CT molecular complexity index is 886. The molecule has 122 valence electrons. The molecule has 0 aliphatic heterocycles. The van der Waals surface area contributed by atoms with Crippen molar-refractivity contribution in [1.82, 2.24) is 10.2 Å². The molecule has 0 saturated carbocycles. The number of hydrogen-bond acceptors (Lipinski definition) is 4. The highest BCUT2D eigenvalue weighted by molar-refractivity contribution is 6.11. The Morgan fingerprint density at radius 2 is 1.83 bits per heavy atom. The zero-order valence-corrected chi connectivity index (χ0v) is 13.2. The van der Waals surface area contributed by atoms with Crippen LogP contribution in [0.15, 0.2) is 48.5 Å². The Kier molecular flexibility index (Phi) is 4.15. The predicted molar refractivity (Wildman–Crippen MR) is 91.3 cm³/mol. The number of fused-ring (bicyclic) bond motifs is 1. The molecule has 0 spiro atoms. The molecule has 2 amide bonds. The van der Waals surface area contributed by atoms with Gasteiger partial charge in [-0.25, -0.2) is 4.79 Å². The summed E-state index contributed by atoms with van der Waals surface area (Å²) in [6.45, 7) is 0. The minimum Gasteiger partial charge on any atom is -0.452 e. The Labute approximate surface area is 138 Å². The maximum atomic E-state index is 12.4. The number of nitrogens with one attached hydrogen (secondary N) is 2. The van der Waals surface area contributed by atoms with Crippen molar-refractivity contribution in [1.29, 1.82) is 0 Å². The molecule has 0 aliphatic carbocycles. The van der Waals surface area contributed by atoms with Crippen LogP contribution in [0.25, 0.3) is 10.9 Å². The van der Waals surface area contributed by atoms with Crippen molar-refractivity contribution >= 4 is 34.3 Å². The number of carbonyl (C=O) groups excluding carboxylic acids is 2. The van der Waals surface area contributed by atoms with Gasteiger partial charge in [0.05, 0.1) is 12.6 Å². The third-order valence-corrected chi connectivity index (χ3v) is 3.65. The number of carbonyl (C=O) groups is 2. The third-order valence-electron chi connectivity index (χ3n) is 3.65. The van der Waals surface area contributed by atoms with Gasteiger partial charge >= 0.3 is 6.09 Å². The van der Waals surface area contributed by atoms with Crippen LogP contribution in [0.1, 0.15) is 10.5 Å². The number of amides is 2. The fraction of sp³-hybridized carbons (Fsp3) is 0.118. The lowest BCUT2D eigenvalue weighted by Crippen LogP contribution is -2.25. The van der Waals surface area contributed by atoms with E-state index in [2.05, 4.69) is 20.3 Å². The number of rotatable bonds is 3. The molecule has 0 aliphatic rings. The zero-order chi connectivity index (χ0) is 17.1. The van der Waals surface area contributed by atoms with Gasteiger partial charge in [0.1, 0.15) is 0 Å². The van der Waals surface area contributed by atoms with E-state index in [1.54, 1.807) is 31.3 Å².